The summed E-state index contributed by atoms with van der Waals surface area (Å²) in [6.07, 6.45) is 2.05. The zero-order valence-electron chi connectivity index (χ0n) is 24.2. The van der Waals surface area contributed by atoms with E-state index in [0.29, 0.717) is 19.3 Å². The molecule has 3 N–H and O–H groups in total. The largest absolute Gasteiger partial charge is 0.431 e. The highest BCUT2D eigenvalue weighted by Gasteiger charge is 2.85. The van der Waals surface area contributed by atoms with Crippen molar-refractivity contribution in [3.05, 3.63) is 34.4 Å². The highest BCUT2D eigenvalue weighted by Crippen LogP contribution is 2.78. The fourth-order valence-electron chi connectivity index (χ4n) is 11.0. The Labute approximate surface area is 239 Å². The number of epoxide rings is 1. The molecule has 8 rings (SSSR count). The van der Waals surface area contributed by atoms with Crippen molar-refractivity contribution >= 4 is 0 Å². The van der Waals surface area contributed by atoms with Gasteiger partial charge < -0.3 is 43.4 Å². The van der Waals surface area contributed by atoms with Crippen molar-refractivity contribution in [3.8, 4) is 0 Å². The lowest BCUT2D eigenvalue weighted by molar-refractivity contribution is -0.388. The van der Waals surface area contributed by atoms with Crippen LogP contribution in [-0.4, -0.2) is 82.3 Å². The van der Waals surface area contributed by atoms with E-state index in [1.54, 1.807) is 13.2 Å². The first-order valence-corrected chi connectivity index (χ1v) is 15.3. The topological polar surface area (TPSA) is 140 Å². The zero-order valence-corrected chi connectivity index (χ0v) is 24.2. The van der Waals surface area contributed by atoms with Crippen LogP contribution in [0.2, 0.25) is 0 Å². The maximum atomic E-state index is 12.8. The molecule has 226 valence electrons. The van der Waals surface area contributed by atoms with Crippen molar-refractivity contribution in [1.29, 1.82) is 0 Å². The van der Waals surface area contributed by atoms with Crippen molar-refractivity contribution in [3.63, 3.8) is 0 Å². The van der Waals surface area contributed by atoms with E-state index >= 15 is 0 Å². The molecule has 10 nitrogen and oxygen atoms in total. The van der Waals surface area contributed by atoms with Crippen molar-refractivity contribution in [2.24, 2.45) is 22.7 Å². The lowest BCUT2D eigenvalue weighted by Crippen LogP contribution is -2.69. The van der Waals surface area contributed by atoms with Crippen molar-refractivity contribution in [1.82, 2.24) is 0 Å². The minimum atomic E-state index is -1.65. The van der Waals surface area contributed by atoms with Gasteiger partial charge in [0.2, 0.25) is 5.79 Å². The first kappa shape index (κ1) is 27.2. The van der Waals surface area contributed by atoms with Crippen LogP contribution in [0, 0.1) is 22.7 Å². The number of aliphatic hydroxyl groups is 3. The van der Waals surface area contributed by atoms with Gasteiger partial charge in [0.15, 0.2) is 12.4 Å². The van der Waals surface area contributed by atoms with Crippen LogP contribution in [0.4, 0.5) is 0 Å². The van der Waals surface area contributed by atoms with Crippen LogP contribution in [0.3, 0.4) is 0 Å². The van der Waals surface area contributed by atoms with Gasteiger partial charge in [-0.1, -0.05) is 13.8 Å². The van der Waals surface area contributed by atoms with Gasteiger partial charge in [-0.3, -0.25) is 0 Å². The van der Waals surface area contributed by atoms with Gasteiger partial charge in [-0.15, -0.1) is 0 Å². The first-order valence-electron chi connectivity index (χ1n) is 15.3. The van der Waals surface area contributed by atoms with Gasteiger partial charge >= 0.3 is 5.63 Å². The molecule has 1 spiro atoms. The third kappa shape index (κ3) is 3.13. The van der Waals surface area contributed by atoms with Crippen LogP contribution >= 0.6 is 0 Å². The number of ether oxygens (including phenoxy) is 5. The van der Waals surface area contributed by atoms with E-state index < -0.39 is 53.1 Å². The molecule has 0 radical (unpaired) electrons. The Bertz CT molecular complexity index is 1280. The third-order valence-corrected chi connectivity index (χ3v) is 13.1. The van der Waals surface area contributed by atoms with Crippen LogP contribution in [-0.2, 0) is 23.7 Å². The molecule has 10 heteroatoms. The molecule has 41 heavy (non-hydrogen) atoms. The SMILES string of the molecule is CO[C@]12O[C@@H]3C[C@@]4(C)[C@@H](C[C@@H]5O[C@]56[C@@H]4CC[C@]4(C)[C@@H](c5ccc(=O)oc5)CC[C@]64O)C[C@H]3O[C@H](O[C@@H](C)[C@H]1O)[C@@H]2O. The molecule has 1 aromatic rings. The van der Waals surface area contributed by atoms with Crippen LogP contribution in [0.5, 0.6) is 0 Å². The summed E-state index contributed by atoms with van der Waals surface area (Å²) in [6, 6.07) is 3.32. The average Bonchev–Trinajstić information content (AvgIpc) is 3.61. The second-order valence-electron chi connectivity index (χ2n) is 14.5. The predicted octanol–water partition coefficient (Wildman–Crippen LogP) is 2.22. The van der Waals surface area contributed by atoms with Crippen LogP contribution in [0.1, 0.15) is 77.2 Å². The van der Waals surface area contributed by atoms with Gasteiger partial charge in [-0.05, 0) is 86.7 Å². The Balaban J connectivity index is 1.14. The number of methoxy groups -OCH3 is 1. The molecule has 7 aliphatic rings. The Hall–Kier alpha value is -1.37. The van der Waals surface area contributed by atoms with E-state index in [-0.39, 0.29) is 41.0 Å². The van der Waals surface area contributed by atoms with Gasteiger partial charge in [0.1, 0.15) is 17.3 Å². The standard InChI is InChI=1S/C31H42O10/c1-15-24(33)31(36-4)25(34)26(38-15)39-19-11-17-12-22-30(41-22)21(27(17,2)13-20(19)40-31)8-9-28(3)18(7-10-29(28,30)35)16-5-6-23(32)37-14-16/h5-6,14-15,17-22,24-26,33-35H,7-13H2,1-4H3/t15-,17+,18+,19+,20+,21+,22-,24+,25-,26-,27-,28+,29+,30+,31-/m0/s1. The predicted molar refractivity (Wildman–Crippen MR) is 142 cm³/mol. The molecule has 4 saturated carbocycles. The monoisotopic (exact) mass is 574 g/mol. The fraction of sp³-hybridized carbons (Fsp3) is 0.839. The fourth-order valence-corrected chi connectivity index (χ4v) is 11.0. The summed E-state index contributed by atoms with van der Waals surface area (Å²) in [5, 5.41) is 35.0. The lowest BCUT2D eigenvalue weighted by atomic mass is 9.42. The molecule has 3 aliphatic heterocycles. The Morgan fingerprint density at radius 2 is 1.80 bits per heavy atom. The number of aliphatic hydroxyl groups excluding tert-OH is 2. The lowest BCUT2D eigenvalue weighted by Gasteiger charge is -2.62. The van der Waals surface area contributed by atoms with Gasteiger partial charge in [-0.2, -0.15) is 0 Å². The van der Waals surface area contributed by atoms with Crippen molar-refractivity contribution < 1.29 is 43.4 Å². The molecule has 0 amide bonds. The minimum absolute atomic E-state index is 0.0286. The number of hydrogen-bond acceptors (Lipinski definition) is 10. The molecular formula is C31H42O10. The maximum Gasteiger partial charge on any atom is 0.335 e. The van der Waals surface area contributed by atoms with Gasteiger partial charge in [0.25, 0.3) is 0 Å². The summed E-state index contributed by atoms with van der Waals surface area (Å²) in [5.41, 5.74) is -1.70. The zero-order chi connectivity index (χ0) is 28.7. The molecule has 2 bridgehead atoms. The summed E-state index contributed by atoms with van der Waals surface area (Å²) < 4.78 is 36.6. The molecule has 0 unspecified atom stereocenters. The summed E-state index contributed by atoms with van der Waals surface area (Å²) in [4.78, 5) is 11.7. The molecule has 15 atom stereocenters. The number of hydrogen-bond donors (Lipinski definition) is 3. The molecule has 3 saturated heterocycles. The number of rotatable bonds is 2. The minimum Gasteiger partial charge on any atom is -0.431 e. The molecule has 1 aromatic heterocycles. The van der Waals surface area contributed by atoms with Gasteiger partial charge in [0.05, 0.1) is 30.7 Å². The van der Waals surface area contributed by atoms with E-state index in [9.17, 15) is 20.1 Å². The van der Waals surface area contributed by atoms with Crippen LogP contribution in [0.25, 0.3) is 0 Å². The first-order chi connectivity index (χ1) is 19.4. The summed E-state index contributed by atoms with van der Waals surface area (Å²) in [7, 11) is 1.44. The van der Waals surface area contributed by atoms with Crippen molar-refractivity contribution in [2.75, 3.05) is 7.11 Å². The van der Waals surface area contributed by atoms with E-state index in [4.69, 9.17) is 28.1 Å². The second-order valence-corrected chi connectivity index (χ2v) is 14.5. The normalized spacial score (nSPS) is 58.7. The Kier molecular flexibility index (Phi) is 5.58. The molecule has 7 fully saturated rings. The van der Waals surface area contributed by atoms with E-state index in [1.807, 2.05) is 6.07 Å². The highest BCUT2D eigenvalue weighted by molar-refractivity contribution is 5.36. The molecule has 0 aromatic carbocycles. The smallest absolute Gasteiger partial charge is 0.335 e. The average molecular weight is 575 g/mol. The van der Waals surface area contributed by atoms with E-state index in [0.717, 1.165) is 31.2 Å². The van der Waals surface area contributed by atoms with Gasteiger partial charge in [-0.25, -0.2) is 4.79 Å². The van der Waals surface area contributed by atoms with E-state index in [2.05, 4.69) is 13.8 Å². The van der Waals surface area contributed by atoms with Crippen LogP contribution < -0.4 is 5.63 Å². The Morgan fingerprint density at radius 1 is 1.00 bits per heavy atom. The highest BCUT2D eigenvalue weighted by atomic mass is 16.8. The number of fused-ring (bicyclic) bond motifs is 6. The Morgan fingerprint density at radius 3 is 2.54 bits per heavy atom. The summed E-state index contributed by atoms with van der Waals surface area (Å²) in [6.45, 7) is 6.24. The quantitative estimate of drug-likeness (QED) is 0.356. The van der Waals surface area contributed by atoms with Crippen molar-refractivity contribution in [2.45, 2.75) is 132 Å². The van der Waals surface area contributed by atoms with Gasteiger partial charge in [0, 0.05) is 18.6 Å². The summed E-state index contributed by atoms with van der Waals surface area (Å²) >= 11 is 0. The second kappa shape index (κ2) is 8.41. The molecule has 4 aliphatic carbocycles. The van der Waals surface area contributed by atoms with E-state index in [1.165, 1.54) is 13.2 Å². The third-order valence-electron chi connectivity index (χ3n) is 13.1. The maximum absolute atomic E-state index is 12.8. The van der Waals surface area contributed by atoms with Crippen LogP contribution in [0.15, 0.2) is 27.6 Å². The molecule has 4 heterocycles. The summed E-state index contributed by atoms with van der Waals surface area (Å²) in [5.74, 6) is -1.19. The molecular weight excluding hydrogens is 532 g/mol.